The second-order valence-corrected chi connectivity index (χ2v) is 5.31. The molecule has 0 saturated heterocycles. The van der Waals surface area contributed by atoms with E-state index in [1.807, 2.05) is 24.3 Å². The maximum absolute atomic E-state index is 8.79. The number of anilines is 1. The van der Waals surface area contributed by atoms with Gasteiger partial charge in [-0.05, 0) is 18.2 Å². The molecule has 3 aromatic heterocycles. The van der Waals surface area contributed by atoms with Gasteiger partial charge in [0, 0.05) is 34.3 Å². The third-order valence-corrected chi connectivity index (χ3v) is 3.86. The Bertz CT molecular complexity index is 1100. The molecule has 0 saturated carbocycles. The number of fused-ring (bicyclic) bond motifs is 2. The zero-order valence-electron chi connectivity index (χ0n) is 12.5. The number of rotatable bonds is 2. The van der Waals surface area contributed by atoms with Gasteiger partial charge < -0.3 is 21.1 Å². The average Bonchev–Trinajstić information content (AvgIpc) is 3.04. The highest BCUT2D eigenvalue weighted by atomic mass is 16.4. The van der Waals surface area contributed by atoms with Crippen LogP contribution in [-0.4, -0.2) is 21.0 Å². The summed E-state index contributed by atoms with van der Waals surface area (Å²) in [6, 6.07) is 11.0. The van der Waals surface area contributed by atoms with Crippen molar-refractivity contribution in [3.63, 3.8) is 0 Å². The van der Waals surface area contributed by atoms with Crippen LogP contribution in [-0.2, 0) is 0 Å². The molecule has 1 aromatic carbocycles. The van der Waals surface area contributed by atoms with Crippen molar-refractivity contribution in [2.75, 3.05) is 5.73 Å². The number of hydrogen-bond acceptors (Lipinski definition) is 6. The maximum atomic E-state index is 8.79. The summed E-state index contributed by atoms with van der Waals surface area (Å²) in [5.41, 5.74) is 14.1. The van der Waals surface area contributed by atoms with Crippen molar-refractivity contribution in [1.82, 2.24) is 9.97 Å². The Balaban J connectivity index is 1.93. The van der Waals surface area contributed by atoms with E-state index in [9.17, 15) is 0 Å². The third kappa shape index (κ3) is 2.11. The first-order chi connectivity index (χ1) is 11.7. The van der Waals surface area contributed by atoms with Gasteiger partial charge in [-0.2, -0.15) is 0 Å². The molecule has 24 heavy (non-hydrogen) atoms. The number of aromatic nitrogens is 2. The van der Waals surface area contributed by atoms with Gasteiger partial charge in [0.05, 0.1) is 0 Å². The molecule has 5 N–H and O–H groups in total. The molecule has 118 valence electrons. The molecule has 0 aliphatic rings. The third-order valence-electron chi connectivity index (χ3n) is 3.86. The molecule has 0 unspecified atom stereocenters. The van der Waals surface area contributed by atoms with E-state index in [0.29, 0.717) is 28.2 Å². The van der Waals surface area contributed by atoms with Crippen LogP contribution in [0.3, 0.4) is 0 Å². The first-order valence-corrected chi connectivity index (χ1v) is 7.18. The van der Waals surface area contributed by atoms with Crippen LogP contribution < -0.4 is 11.5 Å². The van der Waals surface area contributed by atoms with Crippen molar-refractivity contribution >= 4 is 33.5 Å². The number of benzene rings is 1. The first-order valence-electron chi connectivity index (χ1n) is 7.18. The number of pyridine rings is 2. The molecular weight excluding hydrogens is 306 g/mol. The van der Waals surface area contributed by atoms with Gasteiger partial charge in [0.2, 0.25) is 0 Å². The van der Waals surface area contributed by atoms with Crippen LogP contribution in [0.4, 0.5) is 5.82 Å². The number of furan rings is 1. The molecule has 0 spiro atoms. The van der Waals surface area contributed by atoms with Crippen molar-refractivity contribution in [3.05, 3.63) is 54.4 Å². The molecule has 3 heterocycles. The van der Waals surface area contributed by atoms with Gasteiger partial charge in [-0.3, -0.25) is 4.98 Å². The van der Waals surface area contributed by atoms with Gasteiger partial charge in [-0.15, -0.1) is 0 Å². The summed E-state index contributed by atoms with van der Waals surface area (Å²) in [5, 5.41) is 13.6. The van der Waals surface area contributed by atoms with Crippen molar-refractivity contribution in [2.45, 2.75) is 0 Å². The van der Waals surface area contributed by atoms with E-state index in [0.717, 1.165) is 16.3 Å². The molecule has 0 aliphatic carbocycles. The molecule has 4 aromatic rings. The lowest BCUT2D eigenvalue weighted by Crippen LogP contribution is -2.12. The molecular formula is C17H13N5O2. The first kappa shape index (κ1) is 14.0. The summed E-state index contributed by atoms with van der Waals surface area (Å²) in [4.78, 5) is 8.48. The van der Waals surface area contributed by atoms with Crippen LogP contribution in [0.1, 0.15) is 5.56 Å². The molecule has 4 rings (SSSR count). The van der Waals surface area contributed by atoms with Crippen molar-refractivity contribution in [1.29, 1.82) is 0 Å². The van der Waals surface area contributed by atoms with E-state index < -0.39 is 0 Å². The zero-order chi connectivity index (χ0) is 16.7. The Morgan fingerprint density at radius 2 is 2.04 bits per heavy atom. The fraction of sp³-hybridized carbons (Fsp3) is 0. The lowest BCUT2D eigenvalue weighted by atomic mass is 10.1. The van der Waals surface area contributed by atoms with Crippen LogP contribution in [0.2, 0.25) is 0 Å². The Morgan fingerprint density at radius 1 is 1.17 bits per heavy atom. The van der Waals surface area contributed by atoms with Gasteiger partial charge in [0.25, 0.3) is 0 Å². The molecule has 7 nitrogen and oxygen atoms in total. The minimum Gasteiger partial charge on any atom is -0.456 e. The van der Waals surface area contributed by atoms with E-state index in [2.05, 4.69) is 15.1 Å². The average molecular weight is 319 g/mol. The summed E-state index contributed by atoms with van der Waals surface area (Å²) in [6.07, 6.45) is 3.34. The second kappa shape index (κ2) is 5.24. The summed E-state index contributed by atoms with van der Waals surface area (Å²) in [7, 11) is 0. The number of nitrogens with two attached hydrogens (primary N) is 2. The van der Waals surface area contributed by atoms with Gasteiger partial charge >= 0.3 is 0 Å². The largest absolute Gasteiger partial charge is 0.456 e. The quantitative estimate of drug-likeness (QED) is 0.226. The summed E-state index contributed by atoms with van der Waals surface area (Å²) in [6.45, 7) is 0. The minimum atomic E-state index is 0.0265. The Morgan fingerprint density at radius 3 is 2.88 bits per heavy atom. The summed E-state index contributed by atoms with van der Waals surface area (Å²) >= 11 is 0. The highest BCUT2D eigenvalue weighted by Gasteiger charge is 2.13. The number of amidine groups is 1. The predicted molar refractivity (Wildman–Crippen MR) is 91.7 cm³/mol. The SMILES string of the molecule is NC(=NO)c1ccc2cc(-c3cnc(N)c4ncccc34)oc2c1. The molecule has 0 radical (unpaired) electrons. The number of nitrogens with zero attached hydrogens (tertiary/aromatic N) is 3. The Kier molecular flexibility index (Phi) is 3.06. The van der Waals surface area contributed by atoms with Crippen LogP contribution in [0.25, 0.3) is 33.2 Å². The predicted octanol–water partition coefficient (Wildman–Crippen LogP) is 2.72. The van der Waals surface area contributed by atoms with Gasteiger partial charge in [0.1, 0.15) is 22.7 Å². The van der Waals surface area contributed by atoms with E-state index in [4.69, 9.17) is 21.1 Å². The van der Waals surface area contributed by atoms with Crippen molar-refractivity contribution in [3.8, 4) is 11.3 Å². The van der Waals surface area contributed by atoms with Gasteiger partial charge in [-0.1, -0.05) is 23.4 Å². The fourth-order valence-electron chi connectivity index (χ4n) is 2.67. The van der Waals surface area contributed by atoms with E-state index in [-0.39, 0.29) is 5.84 Å². The number of oxime groups is 1. The molecule has 0 fully saturated rings. The fourth-order valence-corrected chi connectivity index (χ4v) is 2.67. The lowest BCUT2D eigenvalue weighted by molar-refractivity contribution is 0.318. The standard InChI is InChI=1S/C17H13N5O2/c18-16(22-23)10-4-3-9-6-14(24-13(9)7-10)12-8-21-17(19)15-11(12)2-1-5-20-15/h1-8,23H,(H2,18,22)(H2,19,21). The Labute approximate surface area is 136 Å². The lowest BCUT2D eigenvalue weighted by Gasteiger charge is -2.04. The highest BCUT2D eigenvalue weighted by molar-refractivity contribution is 6.02. The van der Waals surface area contributed by atoms with E-state index in [1.165, 1.54) is 0 Å². The van der Waals surface area contributed by atoms with E-state index >= 15 is 0 Å². The minimum absolute atomic E-state index is 0.0265. The maximum Gasteiger partial charge on any atom is 0.170 e. The van der Waals surface area contributed by atoms with E-state index in [1.54, 1.807) is 24.5 Å². The normalized spacial score (nSPS) is 12.1. The molecule has 0 aliphatic heterocycles. The molecule has 0 bridgehead atoms. The van der Waals surface area contributed by atoms with Crippen LogP contribution >= 0.6 is 0 Å². The Hall–Kier alpha value is -3.61. The molecule has 0 amide bonds. The summed E-state index contributed by atoms with van der Waals surface area (Å²) in [5.74, 6) is 1.05. The van der Waals surface area contributed by atoms with Crippen molar-refractivity contribution < 1.29 is 9.62 Å². The van der Waals surface area contributed by atoms with Crippen LogP contribution in [0.15, 0.2) is 58.4 Å². The number of hydrogen-bond donors (Lipinski definition) is 3. The van der Waals surface area contributed by atoms with Gasteiger partial charge in [-0.25, -0.2) is 4.98 Å². The highest BCUT2D eigenvalue weighted by Crippen LogP contribution is 2.33. The zero-order valence-corrected chi connectivity index (χ0v) is 12.5. The smallest absolute Gasteiger partial charge is 0.170 e. The number of nitrogen functional groups attached to an aromatic ring is 1. The molecule has 7 heteroatoms. The topological polar surface area (TPSA) is 124 Å². The van der Waals surface area contributed by atoms with Crippen LogP contribution in [0, 0.1) is 0 Å². The van der Waals surface area contributed by atoms with Crippen molar-refractivity contribution in [2.24, 2.45) is 10.9 Å². The van der Waals surface area contributed by atoms with Gasteiger partial charge in [0.15, 0.2) is 5.84 Å². The summed E-state index contributed by atoms with van der Waals surface area (Å²) < 4.78 is 5.94. The second-order valence-electron chi connectivity index (χ2n) is 5.31. The van der Waals surface area contributed by atoms with Crippen LogP contribution in [0.5, 0.6) is 0 Å². The molecule has 0 atom stereocenters. The monoisotopic (exact) mass is 319 g/mol.